The highest BCUT2D eigenvalue weighted by Gasteiger charge is 2.27. The third kappa shape index (κ3) is 2.60. The molecule has 0 aliphatic carbocycles. The van der Waals surface area contributed by atoms with Crippen LogP contribution >= 0.6 is 0 Å². The minimum atomic E-state index is -0.323. The predicted octanol–water partition coefficient (Wildman–Crippen LogP) is 3.45. The summed E-state index contributed by atoms with van der Waals surface area (Å²) in [6, 6.07) is 8.08. The van der Waals surface area contributed by atoms with Gasteiger partial charge in [-0.3, -0.25) is 9.59 Å². The molecule has 1 aliphatic heterocycles. The summed E-state index contributed by atoms with van der Waals surface area (Å²) in [6.45, 7) is 6.08. The SMILES string of the molecule is CC(C)c1ccc(-c2c(N3CCCCCC3)c(=O)c2=O)cc1. The van der Waals surface area contributed by atoms with Crippen LogP contribution in [0.3, 0.4) is 0 Å². The molecule has 3 rings (SSSR count). The van der Waals surface area contributed by atoms with Gasteiger partial charge in [-0.25, -0.2) is 0 Å². The van der Waals surface area contributed by atoms with Gasteiger partial charge in [0.25, 0.3) is 0 Å². The zero-order chi connectivity index (χ0) is 15.7. The van der Waals surface area contributed by atoms with Gasteiger partial charge in [-0.15, -0.1) is 0 Å². The highest BCUT2D eigenvalue weighted by molar-refractivity contribution is 5.82. The van der Waals surface area contributed by atoms with Gasteiger partial charge < -0.3 is 4.90 Å². The van der Waals surface area contributed by atoms with Crippen LogP contribution in [0.25, 0.3) is 11.1 Å². The van der Waals surface area contributed by atoms with E-state index < -0.39 is 0 Å². The van der Waals surface area contributed by atoms with E-state index in [1.165, 1.54) is 18.4 Å². The van der Waals surface area contributed by atoms with Gasteiger partial charge in [-0.2, -0.15) is 0 Å². The molecule has 3 nitrogen and oxygen atoms in total. The molecule has 0 unspecified atom stereocenters. The normalized spacial score (nSPS) is 16.2. The fourth-order valence-corrected chi connectivity index (χ4v) is 3.28. The zero-order valence-corrected chi connectivity index (χ0v) is 13.4. The fraction of sp³-hybridized carbons (Fsp3) is 0.474. The van der Waals surface area contributed by atoms with Gasteiger partial charge in [0.2, 0.25) is 10.9 Å². The molecule has 0 N–H and O–H groups in total. The molecule has 0 aromatic heterocycles. The number of nitrogens with zero attached hydrogens (tertiary/aromatic N) is 1. The lowest BCUT2D eigenvalue weighted by molar-refractivity contribution is 0.726. The summed E-state index contributed by atoms with van der Waals surface area (Å²) >= 11 is 0. The molecule has 0 atom stereocenters. The van der Waals surface area contributed by atoms with Crippen LogP contribution in [0.5, 0.6) is 0 Å². The van der Waals surface area contributed by atoms with Gasteiger partial charge in [0.05, 0.1) is 5.56 Å². The quantitative estimate of drug-likeness (QED) is 0.814. The van der Waals surface area contributed by atoms with E-state index in [4.69, 9.17) is 0 Å². The minimum Gasteiger partial charge on any atom is -0.368 e. The first-order valence-corrected chi connectivity index (χ1v) is 8.28. The van der Waals surface area contributed by atoms with E-state index in [0.717, 1.165) is 31.5 Å². The van der Waals surface area contributed by atoms with Crippen molar-refractivity contribution in [3.8, 4) is 11.1 Å². The Balaban J connectivity index is 1.96. The Kier molecular flexibility index (Phi) is 4.14. The molecule has 2 aromatic rings. The van der Waals surface area contributed by atoms with Crippen molar-refractivity contribution in [1.29, 1.82) is 0 Å². The molecule has 0 spiro atoms. The summed E-state index contributed by atoms with van der Waals surface area (Å²) in [4.78, 5) is 26.3. The predicted molar refractivity (Wildman–Crippen MR) is 91.6 cm³/mol. The molecule has 1 aliphatic rings. The monoisotopic (exact) mass is 297 g/mol. The van der Waals surface area contributed by atoms with Crippen molar-refractivity contribution < 1.29 is 0 Å². The Bertz CT molecular complexity index is 713. The van der Waals surface area contributed by atoms with Crippen molar-refractivity contribution in [3.63, 3.8) is 0 Å². The second-order valence-electron chi connectivity index (χ2n) is 6.56. The molecule has 2 aromatic carbocycles. The Morgan fingerprint density at radius 2 is 1.45 bits per heavy atom. The van der Waals surface area contributed by atoms with E-state index in [1.54, 1.807) is 0 Å². The lowest BCUT2D eigenvalue weighted by atomic mass is 9.94. The molecule has 22 heavy (non-hydrogen) atoms. The molecule has 0 amide bonds. The van der Waals surface area contributed by atoms with Crippen molar-refractivity contribution in [3.05, 3.63) is 50.3 Å². The number of rotatable bonds is 3. The van der Waals surface area contributed by atoms with Crippen LogP contribution in [0, 0.1) is 0 Å². The Labute approximate surface area is 131 Å². The van der Waals surface area contributed by atoms with E-state index in [1.807, 2.05) is 12.1 Å². The van der Waals surface area contributed by atoms with Crippen LogP contribution in [-0.4, -0.2) is 13.1 Å². The van der Waals surface area contributed by atoms with Crippen LogP contribution in [0.2, 0.25) is 0 Å². The van der Waals surface area contributed by atoms with Crippen molar-refractivity contribution in [2.45, 2.75) is 45.4 Å². The van der Waals surface area contributed by atoms with E-state index in [-0.39, 0.29) is 10.9 Å². The first-order valence-electron chi connectivity index (χ1n) is 8.28. The Morgan fingerprint density at radius 3 is 2.00 bits per heavy atom. The fourth-order valence-electron chi connectivity index (χ4n) is 3.28. The lowest BCUT2D eigenvalue weighted by Gasteiger charge is -2.26. The highest BCUT2D eigenvalue weighted by atomic mass is 16.2. The average Bonchev–Trinajstić information content (AvgIpc) is 2.80. The Morgan fingerprint density at radius 1 is 0.864 bits per heavy atom. The Hall–Kier alpha value is -1.90. The zero-order valence-electron chi connectivity index (χ0n) is 13.4. The summed E-state index contributed by atoms with van der Waals surface area (Å²) in [5.41, 5.74) is 2.79. The first kappa shape index (κ1) is 15.0. The largest absolute Gasteiger partial charge is 0.368 e. The van der Waals surface area contributed by atoms with Crippen molar-refractivity contribution in [2.24, 2.45) is 0 Å². The van der Waals surface area contributed by atoms with Gasteiger partial charge in [-0.05, 0) is 29.9 Å². The maximum atomic E-state index is 12.1. The molecule has 0 saturated carbocycles. The van der Waals surface area contributed by atoms with Crippen LogP contribution in [0.4, 0.5) is 5.69 Å². The summed E-state index contributed by atoms with van der Waals surface area (Å²) < 4.78 is 0. The van der Waals surface area contributed by atoms with Crippen molar-refractivity contribution in [1.82, 2.24) is 0 Å². The summed E-state index contributed by atoms with van der Waals surface area (Å²) in [6.07, 6.45) is 4.63. The van der Waals surface area contributed by atoms with Crippen LogP contribution in [-0.2, 0) is 0 Å². The third-order valence-electron chi connectivity index (χ3n) is 4.67. The van der Waals surface area contributed by atoms with Gasteiger partial charge in [-0.1, -0.05) is 51.0 Å². The molecule has 116 valence electrons. The van der Waals surface area contributed by atoms with Gasteiger partial charge in [0, 0.05) is 13.1 Å². The number of benzene rings is 1. The molecule has 0 bridgehead atoms. The van der Waals surface area contributed by atoms with Gasteiger partial charge in [0.1, 0.15) is 5.69 Å². The maximum absolute atomic E-state index is 12.1. The lowest BCUT2D eigenvalue weighted by Crippen LogP contribution is -2.42. The number of hydrogen-bond acceptors (Lipinski definition) is 3. The third-order valence-corrected chi connectivity index (χ3v) is 4.67. The number of anilines is 1. The molecular weight excluding hydrogens is 274 g/mol. The van der Waals surface area contributed by atoms with Gasteiger partial charge >= 0.3 is 0 Å². The summed E-state index contributed by atoms with van der Waals surface area (Å²) in [5.74, 6) is 0.465. The average molecular weight is 297 g/mol. The number of hydrogen-bond donors (Lipinski definition) is 0. The van der Waals surface area contributed by atoms with E-state index >= 15 is 0 Å². The maximum Gasteiger partial charge on any atom is 0.250 e. The molecule has 0 radical (unpaired) electrons. The summed E-state index contributed by atoms with van der Waals surface area (Å²) in [7, 11) is 0. The van der Waals surface area contributed by atoms with Crippen molar-refractivity contribution in [2.75, 3.05) is 18.0 Å². The highest BCUT2D eigenvalue weighted by Crippen LogP contribution is 2.29. The molecule has 1 heterocycles. The molecule has 1 saturated heterocycles. The molecular formula is C19H23NO2. The van der Waals surface area contributed by atoms with E-state index in [0.29, 0.717) is 17.2 Å². The molecule has 1 fully saturated rings. The molecule has 3 heteroatoms. The minimum absolute atomic E-state index is 0.301. The van der Waals surface area contributed by atoms with E-state index in [9.17, 15) is 9.59 Å². The topological polar surface area (TPSA) is 37.4 Å². The second kappa shape index (κ2) is 6.07. The smallest absolute Gasteiger partial charge is 0.250 e. The van der Waals surface area contributed by atoms with E-state index in [2.05, 4.69) is 30.9 Å². The van der Waals surface area contributed by atoms with Crippen LogP contribution in [0.15, 0.2) is 33.9 Å². The first-order chi connectivity index (χ1) is 10.6. The second-order valence-corrected chi connectivity index (χ2v) is 6.56. The standard InChI is InChI=1S/C19H23NO2/c1-13(2)14-7-9-15(10-8-14)16-17(19(22)18(16)21)20-11-5-3-4-6-12-20/h7-10,13H,3-6,11-12H2,1-2H3. The summed E-state index contributed by atoms with van der Waals surface area (Å²) in [5, 5.41) is 0. The van der Waals surface area contributed by atoms with Gasteiger partial charge in [0.15, 0.2) is 0 Å². The van der Waals surface area contributed by atoms with Crippen LogP contribution in [0.1, 0.15) is 51.0 Å². The van der Waals surface area contributed by atoms with Crippen LogP contribution < -0.4 is 15.8 Å². The van der Waals surface area contributed by atoms with Crippen molar-refractivity contribution >= 4 is 5.69 Å².